The Morgan fingerprint density at radius 3 is 1.79 bits per heavy atom. The predicted octanol–water partition coefficient (Wildman–Crippen LogP) is 2.81. The summed E-state index contributed by atoms with van der Waals surface area (Å²) in [5.74, 6) is -0.520. The molecule has 120 valence electrons. The number of hydrogen-bond acceptors (Lipinski definition) is 3. The highest BCUT2D eigenvalue weighted by atomic mass is 16.5. The SMILES string of the molecule is COC(=O)C(c1ccccc1)(c1ccccc1)n1ccccc1=O. The van der Waals surface area contributed by atoms with Gasteiger partial charge in [-0.2, -0.15) is 0 Å². The number of rotatable bonds is 4. The van der Waals surface area contributed by atoms with Gasteiger partial charge in [-0.05, 0) is 17.2 Å². The molecule has 4 nitrogen and oxygen atoms in total. The van der Waals surface area contributed by atoms with Crippen molar-refractivity contribution in [3.8, 4) is 0 Å². The van der Waals surface area contributed by atoms with Crippen LogP contribution in [-0.4, -0.2) is 17.6 Å². The van der Waals surface area contributed by atoms with E-state index >= 15 is 0 Å². The minimum Gasteiger partial charge on any atom is -0.467 e. The molecule has 0 saturated carbocycles. The maximum atomic E-state index is 13.0. The highest BCUT2D eigenvalue weighted by Crippen LogP contribution is 2.34. The molecule has 0 spiro atoms. The van der Waals surface area contributed by atoms with Crippen LogP contribution in [-0.2, 0) is 15.1 Å². The van der Waals surface area contributed by atoms with E-state index in [0.717, 1.165) is 0 Å². The van der Waals surface area contributed by atoms with Gasteiger partial charge >= 0.3 is 5.97 Å². The molecule has 0 radical (unpaired) electrons. The fraction of sp³-hybridized carbons (Fsp3) is 0.100. The molecule has 0 amide bonds. The lowest BCUT2D eigenvalue weighted by atomic mass is 9.82. The zero-order valence-corrected chi connectivity index (χ0v) is 13.3. The average molecular weight is 319 g/mol. The molecule has 1 aromatic heterocycles. The molecule has 0 bridgehead atoms. The maximum absolute atomic E-state index is 13.0. The first-order chi connectivity index (χ1) is 11.7. The van der Waals surface area contributed by atoms with E-state index in [0.29, 0.717) is 11.1 Å². The highest BCUT2D eigenvalue weighted by Gasteiger charge is 2.45. The number of aromatic nitrogens is 1. The van der Waals surface area contributed by atoms with Crippen LogP contribution >= 0.6 is 0 Å². The third-order valence-corrected chi connectivity index (χ3v) is 4.05. The van der Waals surface area contributed by atoms with E-state index < -0.39 is 11.5 Å². The number of methoxy groups -OCH3 is 1. The van der Waals surface area contributed by atoms with E-state index in [2.05, 4.69) is 0 Å². The Morgan fingerprint density at radius 2 is 1.33 bits per heavy atom. The molecule has 0 aliphatic rings. The molecule has 0 N–H and O–H groups in total. The van der Waals surface area contributed by atoms with Gasteiger partial charge in [-0.25, -0.2) is 4.79 Å². The average Bonchev–Trinajstić information content (AvgIpc) is 2.65. The Hall–Kier alpha value is -3.14. The third-order valence-electron chi connectivity index (χ3n) is 4.05. The standard InChI is InChI=1S/C20H17NO3/c1-24-19(23)20(16-10-4-2-5-11-16,17-12-6-3-7-13-17)21-15-9-8-14-18(21)22/h2-15H,1H3. The van der Waals surface area contributed by atoms with Crippen molar-refractivity contribution in [2.45, 2.75) is 5.54 Å². The van der Waals surface area contributed by atoms with E-state index in [1.54, 1.807) is 18.3 Å². The van der Waals surface area contributed by atoms with Crippen molar-refractivity contribution in [1.82, 2.24) is 4.57 Å². The largest absolute Gasteiger partial charge is 0.467 e. The quantitative estimate of drug-likeness (QED) is 0.695. The van der Waals surface area contributed by atoms with E-state index in [9.17, 15) is 9.59 Å². The number of carbonyl (C=O) groups is 1. The zero-order valence-electron chi connectivity index (χ0n) is 13.3. The molecule has 0 unspecified atom stereocenters. The van der Waals surface area contributed by atoms with Crippen LogP contribution in [0.25, 0.3) is 0 Å². The molecule has 0 atom stereocenters. The second kappa shape index (κ2) is 6.54. The smallest absolute Gasteiger partial charge is 0.341 e. The van der Waals surface area contributed by atoms with E-state index in [4.69, 9.17) is 4.74 Å². The van der Waals surface area contributed by atoms with Crippen LogP contribution in [0.2, 0.25) is 0 Å². The highest BCUT2D eigenvalue weighted by molar-refractivity contribution is 5.87. The van der Waals surface area contributed by atoms with Crippen LogP contribution in [0.3, 0.4) is 0 Å². The van der Waals surface area contributed by atoms with Crippen molar-refractivity contribution in [3.63, 3.8) is 0 Å². The maximum Gasteiger partial charge on any atom is 0.341 e. The fourth-order valence-electron chi connectivity index (χ4n) is 2.99. The van der Waals surface area contributed by atoms with Crippen molar-refractivity contribution in [1.29, 1.82) is 0 Å². The van der Waals surface area contributed by atoms with Crippen molar-refractivity contribution in [3.05, 3.63) is 107 Å². The van der Waals surface area contributed by atoms with E-state index in [-0.39, 0.29) is 5.56 Å². The number of esters is 1. The number of benzene rings is 2. The first-order valence-electron chi connectivity index (χ1n) is 7.59. The molecule has 0 fully saturated rings. The Kier molecular flexibility index (Phi) is 4.29. The van der Waals surface area contributed by atoms with Crippen LogP contribution in [0.1, 0.15) is 11.1 Å². The minimum absolute atomic E-state index is 0.282. The fourth-order valence-corrected chi connectivity index (χ4v) is 2.99. The van der Waals surface area contributed by atoms with Crippen molar-refractivity contribution < 1.29 is 9.53 Å². The van der Waals surface area contributed by atoms with Gasteiger partial charge in [0.05, 0.1) is 7.11 Å². The van der Waals surface area contributed by atoms with Crippen LogP contribution in [0, 0.1) is 0 Å². The summed E-state index contributed by atoms with van der Waals surface area (Å²) < 4.78 is 6.56. The summed E-state index contributed by atoms with van der Waals surface area (Å²) in [6, 6.07) is 23.2. The summed E-state index contributed by atoms with van der Waals surface area (Å²) in [6.07, 6.45) is 1.61. The van der Waals surface area contributed by atoms with Crippen molar-refractivity contribution >= 4 is 5.97 Å². The van der Waals surface area contributed by atoms with Gasteiger partial charge in [-0.3, -0.25) is 9.36 Å². The number of carbonyl (C=O) groups excluding carboxylic acids is 1. The zero-order chi connectivity index (χ0) is 17.0. The first kappa shape index (κ1) is 15.7. The van der Waals surface area contributed by atoms with Gasteiger partial charge in [0.15, 0.2) is 5.54 Å². The molecule has 0 saturated heterocycles. The Morgan fingerprint density at radius 1 is 0.833 bits per heavy atom. The van der Waals surface area contributed by atoms with Gasteiger partial charge < -0.3 is 4.74 Å². The molecule has 24 heavy (non-hydrogen) atoms. The molecular formula is C20H17NO3. The predicted molar refractivity (Wildman–Crippen MR) is 91.8 cm³/mol. The van der Waals surface area contributed by atoms with Gasteiger partial charge in [0.2, 0.25) is 0 Å². The topological polar surface area (TPSA) is 48.3 Å². The molecular weight excluding hydrogens is 302 g/mol. The summed E-state index contributed by atoms with van der Waals surface area (Å²) in [7, 11) is 1.33. The monoisotopic (exact) mass is 319 g/mol. The Bertz CT molecular complexity index is 846. The summed E-state index contributed by atoms with van der Waals surface area (Å²) in [6.45, 7) is 0. The summed E-state index contributed by atoms with van der Waals surface area (Å²) in [4.78, 5) is 25.6. The van der Waals surface area contributed by atoms with Crippen LogP contribution in [0.5, 0.6) is 0 Å². The number of ether oxygens (including phenoxy) is 1. The molecule has 3 aromatic rings. The minimum atomic E-state index is -1.38. The van der Waals surface area contributed by atoms with Gasteiger partial charge in [-0.1, -0.05) is 66.7 Å². The Balaban J connectivity index is 2.45. The van der Waals surface area contributed by atoms with Gasteiger partial charge in [0.25, 0.3) is 5.56 Å². The van der Waals surface area contributed by atoms with E-state index in [1.165, 1.54) is 17.7 Å². The van der Waals surface area contributed by atoms with Gasteiger partial charge in [0.1, 0.15) is 0 Å². The van der Waals surface area contributed by atoms with Gasteiger partial charge in [-0.15, -0.1) is 0 Å². The molecule has 4 heteroatoms. The molecule has 3 rings (SSSR count). The van der Waals surface area contributed by atoms with Crippen LogP contribution in [0.15, 0.2) is 89.9 Å². The van der Waals surface area contributed by atoms with Crippen LogP contribution < -0.4 is 5.56 Å². The normalized spacial score (nSPS) is 11.0. The van der Waals surface area contributed by atoms with E-state index in [1.807, 2.05) is 60.7 Å². The molecule has 1 heterocycles. The first-order valence-corrected chi connectivity index (χ1v) is 7.59. The van der Waals surface area contributed by atoms with Crippen molar-refractivity contribution in [2.75, 3.05) is 7.11 Å². The van der Waals surface area contributed by atoms with Crippen molar-refractivity contribution in [2.24, 2.45) is 0 Å². The lowest BCUT2D eigenvalue weighted by molar-refractivity contribution is -0.147. The van der Waals surface area contributed by atoms with Gasteiger partial charge in [0, 0.05) is 12.3 Å². The molecule has 0 aliphatic heterocycles. The second-order valence-electron chi connectivity index (χ2n) is 5.34. The van der Waals surface area contributed by atoms with Crippen LogP contribution in [0.4, 0.5) is 0 Å². The lowest BCUT2D eigenvalue weighted by Gasteiger charge is -2.34. The summed E-state index contributed by atoms with van der Waals surface area (Å²) >= 11 is 0. The Labute approximate surface area is 140 Å². The second-order valence-corrected chi connectivity index (χ2v) is 5.34. The lowest BCUT2D eigenvalue weighted by Crippen LogP contribution is -2.49. The molecule has 0 aliphatic carbocycles. The number of pyridine rings is 1. The summed E-state index contributed by atoms with van der Waals surface area (Å²) in [5, 5.41) is 0. The number of nitrogens with zero attached hydrogens (tertiary/aromatic N) is 1. The number of hydrogen-bond donors (Lipinski definition) is 0. The third kappa shape index (κ3) is 2.42. The summed E-state index contributed by atoms with van der Waals surface area (Å²) in [5.41, 5.74) is -0.335. The molecule has 2 aromatic carbocycles.